The molecule has 0 saturated heterocycles. The van der Waals surface area contributed by atoms with Crippen molar-refractivity contribution in [1.29, 1.82) is 0 Å². The number of methoxy groups -OCH3 is 1. The van der Waals surface area contributed by atoms with Crippen molar-refractivity contribution in [2.45, 2.75) is 45.6 Å². The summed E-state index contributed by atoms with van der Waals surface area (Å²) in [5.74, 6) is 2.03. The third-order valence-corrected chi connectivity index (χ3v) is 5.24. The molecular formula is C17H28N2O2. The van der Waals surface area contributed by atoms with Gasteiger partial charge in [0.25, 0.3) is 0 Å². The largest absolute Gasteiger partial charge is 0.481 e. The fourth-order valence-corrected chi connectivity index (χ4v) is 3.50. The Bertz CT molecular complexity index is 437. The van der Waals surface area contributed by atoms with E-state index in [-0.39, 0.29) is 5.41 Å². The van der Waals surface area contributed by atoms with Crippen molar-refractivity contribution < 1.29 is 9.84 Å². The molecule has 0 aromatic carbocycles. The van der Waals surface area contributed by atoms with Crippen LogP contribution < -0.4 is 10.5 Å². The number of ether oxygens (including phenoxy) is 1. The van der Waals surface area contributed by atoms with Gasteiger partial charge in [0, 0.05) is 24.2 Å². The monoisotopic (exact) mass is 292 g/mol. The maximum Gasteiger partial charge on any atom is 0.212 e. The standard InChI is InChI=1S/C17H28N2O2/c1-12(2)13-6-8-17(11-18,9-7-13)16(20)14-4-5-15(21-3)19-10-14/h4-5,10,12-13,16,20H,6-9,11,18H2,1-3H3. The van der Waals surface area contributed by atoms with E-state index in [4.69, 9.17) is 10.5 Å². The maximum absolute atomic E-state index is 10.8. The molecule has 118 valence electrons. The number of aliphatic hydroxyl groups is 1. The molecule has 1 aromatic heterocycles. The molecule has 4 nitrogen and oxygen atoms in total. The molecule has 1 unspecified atom stereocenters. The smallest absolute Gasteiger partial charge is 0.212 e. The van der Waals surface area contributed by atoms with Gasteiger partial charge in [-0.15, -0.1) is 0 Å². The summed E-state index contributed by atoms with van der Waals surface area (Å²) in [6.07, 6.45) is 5.42. The van der Waals surface area contributed by atoms with Gasteiger partial charge in [0.05, 0.1) is 13.2 Å². The SMILES string of the molecule is COc1ccc(C(O)C2(CN)CCC(C(C)C)CC2)cn1. The van der Waals surface area contributed by atoms with Gasteiger partial charge in [0.15, 0.2) is 0 Å². The summed E-state index contributed by atoms with van der Waals surface area (Å²) in [4.78, 5) is 4.20. The molecule has 1 heterocycles. The van der Waals surface area contributed by atoms with Crippen LogP contribution in [0.15, 0.2) is 18.3 Å². The van der Waals surface area contributed by atoms with Gasteiger partial charge >= 0.3 is 0 Å². The number of aromatic nitrogens is 1. The second kappa shape index (κ2) is 6.75. The van der Waals surface area contributed by atoms with Gasteiger partial charge in [-0.05, 0) is 49.1 Å². The molecule has 1 aliphatic rings. The minimum absolute atomic E-state index is 0.207. The van der Waals surface area contributed by atoms with Gasteiger partial charge in [-0.2, -0.15) is 0 Å². The predicted molar refractivity (Wildman–Crippen MR) is 84.0 cm³/mol. The van der Waals surface area contributed by atoms with Crippen LogP contribution in [0.1, 0.15) is 51.2 Å². The highest BCUT2D eigenvalue weighted by Gasteiger charge is 2.41. The van der Waals surface area contributed by atoms with E-state index >= 15 is 0 Å². The third-order valence-electron chi connectivity index (χ3n) is 5.24. The summed E-state index contributed by atoms with van der Waals surface area (Å²) >= 11 is 0. The van der Waals surface area contributed by atoms with Crippen LogP contribution in [0.5, 0.6) is 5.88 Å². The summed E-state index contributed by atoms with van der Waals surface area (Å²) in [6, 6.07) is 3.69. The van der Waals surface area contributed by atoms with E-state index in [0.717, 1.165) is 37.2 Å². The summed E-state index contributed by atoms with van der Waals surface area (Å²) in [7, 11) is 1.59. The molecule has 0 aliphatic heterocycles. The fourth-order valence-electron chi connectivity index (χ4n) is 3.50. The molecule has 0 spiro atoms. The van der Waals surface area contributed by atoms with Gasteiger partial charge in [-0.3, -0.25) is 0 Å². The minimum atomic E-state index is -0.547. The molecule has 1 aliphatic carbocycles. The Morgan fingerprint density at radius 3 is 2.48 bits per heavy atom. The van der Waals surface area contributed by atoms with Crippen molar-refractivity contribution in [2.24, 2.45) is 23.0 Å². The number of aliphatic hydroxyl groups excluding tert-OH is 1. The highest BCUT2D eigenvalue weighted by molar-refractivity contribution is 5.22. The van der Waals surface area contributed by atoms with Gasteiger partial charge < -0.3 is 15.6 Å². The summed E-state index contributed by atoms with van der Waals surface area (Å²) in [6.45, 7) is 5.08. The van der Waals surface area contributed by atoms with E-state index in [9.17, 15) is 5.11 Å². The second-order valence-electron chi connectivity index (χ2n) is 6.68. The first-order chi connectivity index (χ1) is 10.0. The topological polar surface area (TPSA) is 68.4 Å². The molecule has 2 rings (SSSR count). The number of nitrogens with zero attached hydrogens (tertiary/aromatic N) is 1. The number of hydrogen-bond acceptors (Lipinski definition) is 4. The van der Waals surface area contributed by atoms with Crippen LogP contribution in [0.3, 0.4) is 0 Å². The van der Waals surface area contributed by atoms with Crippen molar-refractivity contribution in [2.75, 3.05) is 13.7 Å². The number of rotatable bonds is 5. The second-order valence-corrected chi connectivity index (χ2v) is 6.68. The summed E-state index contributed by atoms with van der Waals surface area (Å²) in [5.41, 5.74) is 6.68. The van der Waals surface area contributed by atoms with Crippen molar-refractivity contribution in [3.8, 4) is 5.88 Å². The highest BCUT2D eigenvalue weighted by Crippen LogP contribution is 2.48. The summed E-state index contributed by atoms with van der Waals surface area (Å²) < 4.78 is 5.07. The van der Waals surface area contributed by atoms with E-state index in [0.29, 0.717) is 18.3 Å². The van der Waals surface area contributed by atoms with Crippen LogP contribution >= 0.6 is 0 Å². The predicted octanol–water partition coefficient (Wildman–Crippen LogP) is 2.91. The summed E-state index contributed by atoms with van der Waals surface area (Å²) in [5, 5.41) is 10.8. The third kappa shape index (κ3) is 3.38. The van der Waals surface area contributed by atoms with Crippen LogP contribution in [0.4, 0.5) is 0 Å². The minimum Gasteiger partial charge on any atom is -0.481 e. The Hall–Kier alpha value is -1.13. The maximum atomic E-state index is 10.8. The fraction of sp³-hybridized carbons (Fsp3) is 0.706. The Morgan fingerprint density at radius 2 is 2.05 bits per heavy atom. The lowest BCUT2D eigenvalue weighted by Crippen LogP contribution is -2.40. The zero-order valence-corrected chi connectivity index (χ0v) is 13.4. The van der Waals surface area contributed by atoms with Crippen molar-refractivity contribution >= 4 is 0 Å². The average Bonchev–Trinajstić information content (AvgIpc) is 2.54. The van der Waals surface area contributed by atoms with E-state index in [1.165, 1.54) is 0 Å². The van der Waals surface area contributed by atoms with Crippen LogP contribution in [-0.2, 0) is 0 Å². The zero-order valence-electron chi connectivity index (χ0n) is 13.4. The van der Waals surface area contributed by atoms with Crippen molar-refractivity contribution in [1.82, 2.24) is 4.98 Å². The van der Waals surface area contributed by atoms with Crippen molar-refractivity contribution in [3.63, 3.8) is 0 Å². The Balaban J connectivity index is 2.12. The molecule has 0 amide bonds. The molecule has 1 aromatic rings. The van der Waals surface area contributed by atoms with E-state index in [1.807, 2.05) is 6.07 Å². The van der Waals surface area contributed by atoms with Crippen LogP contribution in [-0.4, -0.2) is 23.7 Å². The Morgan fingerprint density at radius 1 is 1.38 bits per heavy atom. The van der Waals surface area contributed by atoms with E-state index < -0.39 is 6.10 Å². The quantitative estimate of drug-likeness (QED) is 0.875. The van der Waals surface area contributed by atoms with Crippen LogP contribution in [0.25, 0.3) is 0 Å². The molecule has 1 atom stereocenters. The van der Waals surface area contributed by atoms with E-state index in [2.05, 4.69) is 18.8 Å². The van der Waals surface area contributed by atoms with Gasteiger partial charge in [-0.1, -0.05) is 13.8 Å². The van der Waals surface area contributed by atoms with Gasteiger partial charge in [0.2, 0.25) is 5.88 Å². The normalized spacial score (nSPS) is 27.6. The van der Waals surface area contributed by atoms with Gasteiger partial charge in [-0.25, -0.2) is 4.98 Å². The molecule has 1 saturated carbocycles. The molecule has 0 bridgehead atoms. The molecule has 3 N–H and O–H groups in total. The van der Waals surface area contributed by atoms with Crippen molar-refractivity contribution in [3.05, 3.63) is 23.9 Å². The number of hydrogen-bond donors (Lipinski definition) is 2. The first-order valence-corrected chi connectivity index (χ1v) is 7.90. The van der Waals surface area contributed by atoms with Crippen LogP contribution in [0.2, 0.25) is 0 Å². The Kier molecular flexibility index (Phi) is 5.22. The lowest BCUT2D eigenvalue weighted by atomic mass is 9.64. The number of pyridine rings is 1. The molecule has 4 heteroatoms. The first kappa shape index (κ1) is 16.2. The van der Waals surface area contributed by atoms with Gasteiger partial charge in [0.1, 0.15) is 0 Å². The molecule has 0 radical (unpaired) electrons. The zero-order chi connectivity index (χ0) is 15.5. The molecule has 21 heavy (non-hydrogen) atoms. The van der Waals surface area contributed by atoms with E-state index in [1.54, 1.807) is 19.4 Å². The van der Waals surface area contributed by atoms with Crippen LogP contribution in [0, 0.1) is 17.3 Å². The Labute approximate surface area is 127 Å². The molecular weight excluding hydrogens is 264 g/mol. The average molecular weight is 292 g/mol. The number of nitrogens with two attached hydrogens (primary N) is 1. The molecule has 1 fully saturated rings. The lowest BCUT2D eigenvalue weighted by Gasteiger charge is -2.43. The lowest BCUT2D eigenvalue weighted by molar-refractivity contribution is -0.0150. The first-order valence-electron chi connectivity index (χ1n) is 7.90. The highest BCUT2D eigenvalue weighted by atomic mass is 16.5.